The Bertz CT molecular complexity index is 340. The Hall–Kier alpha value is -1.01. The molecule has 1 unspecified atom stereocenters. The summed E-state index contributed by atoms with van der Waals surface area (Å²) in [6, 6.07) is 0.398. The molecular formula is C9H12ClF2N3O. The van der Waals surface area contributed by atoms with E-state index < -0.39 is 12.5 Å². The normalized spacial score (nSPS) is 12.9. The summed E-state index contributed by atoms with van der Waals surface area (Å²) in [6.07, 6.45) is -1.20. The molecule has 1 atom stereocenters. The molecule has 4 nitrogen and oxygen atoms in total. The van der Waals surface area contributed by atoms with Gasteiger partial charge in [0.15, 0.2) is 0 Å². The molecule has 1 aromatic rings. The van der Waals surface area contributed by atoms with Crippen LogP contribution in [-0.4, -0.2) is 41.2 Å². The lowest BCUT2D eigenvalue weighted by molar-refractivity contribution is 0.0986. The number of hydrogen-bond donors (Lipinski definition) is 1. The minimum Gasteiger partial charge on any atom is -0.396 e. The summed E-state index contributed by atoms with van der Waals surface area (Å²) >= 11 is 5.56. The topological polar surface area (TPSA) is 49.2 Å². The molecule has 1 N–H and O–H groups in total. The Balaban J connectivity index is 2.85. The van der Waals surface area contributed by atoms with Crippen molar-refractivity contribution in [2.75, 3.05) is 18.6 Å². The van der Waals surface area contributed by atoms with E-state index in [-0.39, 0.29) is 18.3 Å². The molecule has 1 heterocycles. The van der Waals surface area contributed by atoms with Crippen LogP contribution in [0.5, 0.6) is 0 Å². The van der Waals surface area contributed by atoms with Gasteiger partial charge in [-0.3, -0.25) is 0 Å². The zero-order valence-electron chi connectivity index (χ0n) is 8.65. The molecule has 0 aliphatic rings. The molecule has 0 aromatic carbocycles. The average molecular weight is 252 g/mol. The van der Waals surface area contributed by atoms with Gasteiger partial charge in [-0.05, 0) is 24.1 Å². The van der Waals surface area contributed by atoms with Crippen molar-refractivity contribution in [2.45, 2.75) is 18.9 Å². The van der Waals surface area contributed by atoms with Gasteiger partial charge in [0.05, 0.1) is 6.04 Å². The molecule has 0 aliphatic carbocycles. The van der Waals surface area contributed by atoms with Crippen molar-refractivity contribution in [1.82, 2.24) is 9.97 Å². The molecule has 90 valence electrons. The van der Waals surface area contributed by atoms with Crippen molar-refractivity contribution in [3.63, 3.8) is 0 Å². The zero-order valence-corrected chi connectivity index (χ0v) is 9.40. The minimum atomic E-state index is -2.56. The second-order valence-electron chi connectivity index (χ2n) is 3.21. The Labute approximate surface area is 96.9 Å². The highest BCUT2D eigenvalue weighted by Gasteiger charge is 2.25. The highest BCUT2D eigenvalue weighted by atomic mass is 35.5. The summed E-state index contributed by atoms with van der Waals surface area (Å²) in [6.45, 7) is -0.307. The van der Waals surface area contributed by atoms with Crippen LogP contribution in [0.2, 0.25) is 5.28 Å². The second-order valence-corrected chi connectivity index (χ2v) is 3.55. The largest absolute Gasteiger partial charge is 0.396 e. The Morgan fingerprint density at radius 3 is 2.75 bits per heavy atom. The predicted molar refractivity (Wildman–Crippen MR) is 56.9 cm³/mol. The molecule has 0 fully saturated rings. The molecule has 16 heavy (non-hydrogen) atoms. The van der Waals surface area contributed by atoms with E-state index in [4.69, 9.17) is 16.7 Å². The number of aliphatic hydroxyl groups excluding tert-OH is 1. The molecule has 1 rings (SSSR count). The fraction of sp³-hybridized carbons (Fsp3) is 0.556. The molecule has 0 radical (unpaired) electrons. The van der Waals surface area contributed by atoms with Crippen LogP contribution < -0.4 is 4.90 Å². The first kappa shape index (κ1) is 13.1. The average Bonchev–Trinajstić information content (AvgIpc) is 2.24. The maximum Gasteiger partial charge on any atom is 0.258 e. The molecule has 0 bridgehead atoms. The highest BCUT2D eigenvalue weighted by molar-refractivity contribution is 6.28. The molecule has 0 aliphatic heterocycles. The van der Waals surface area contributed by atoms with E-state index in [1.807, 2.05) is 0 Å². The van der Waals surface area contributed by atoms with Crippen molar-refractivity contribution >= 4 is 17.4 Å². The fourth-order valence-electron chi connectivity index (χ4n) is 1.31. The number of alkyl halides is 2. The van der Waals surface area contributed by atoms with Crippen LogP contribution in [0.25, 0.3) is 0 Å². The summed E-state index contributed by atoms with van der Waals surface area (Å²) in [5.74, 6) is 0.304. The molecule has 0 saturated carbocycles. The Morgan fingerprint density at radius 2 is 2.25 bits per heavy atom. The third-order valence-electron chi connectivity index (χ3n) is 2.19. The molecule has 1 aromatic heterocycles. The van der Waals surface area contributed by atoms with Crippen LogP contribution in [0.15, 0.2) is 12.3 Å². The number of nitrogens with zero attached hydrogens (tertiary/aromatic N) is 3. The molecule has 0 spiro atoms. The summed E-state index contributed by atoms with van der Waals surface area (Å²) in [5, 5.41) is 8.72. The number of anilines is 1. The third-order valence-corrected chi connectivity index (χ3v) is 2.37. The first-order valence-corrected chi connectivity index (χ1v) is 5.04. The van der Waals surface area contributed by atoms with Gasteiger partial charge in [-0.25, -0.2) is 18.7 Å². The van der Waals surface area contributed by atoms with E-state index >= 15 is 0 Å². The van der Waals surface area contributed by atoms with Gasteiger partial charge in [-0.15, -0.1) is 0 Å². The van der Waals surface area contributed by atoms with E-state index in [0.29, 0.717) is 5.82 Å². The maximum atomic E-state index is 12.7. The standard InChI is InChI=1S/C9H12ClF2N3O/c1-15(6(3-5-16)8(11)12)7-2-4-13-9(10)14-7/h2,4,6,8,16H,3,5H2,1H3. The smallest absolute Gasteiger partial charge is 0.258 e. The maximum absolute atomic E-state index is 12.7. The quantitative estimate of drug-likeness (QED) is 0.808. The van der Waals surface area contributed by atoms with Gasteiger partial charge < -0.3 is 10.0 Å². The van der Waals surface area contributed by atoms with Gasteiger partial charge in [-0.2, -0.15) is 0 Å². The summed E-state index contributed by atoms with van der Waals surface area (Å²) < 4.78 is 25.4. The second kappa shape index (κ2) is 5.91. The summed E-state index contributed by atoms with van der Waals surface area (Å²) in [5.41, 5.74) is 0. The van der Waals surface area contributed by atoms with E-state index in [0.717, 1.165) is 0 Å². The lowest BCUT2D eigenvalue weighted by Gasteiger charge is -2.27. The van der Waals surface area contributed by atoms with Crippen LogP contribution in [0.4, 0.5) is 14.6 Å². The highest BCUT2D eigenvalue weighted by Crippen LogP contribution is 2.19. The van der Waals surface area contributed by atoms with Crippen molar-refractivity contribution in [3.05, 3.63) is 17.5 Å². The number of aliphatic hydroxyl groups is 1. The van der Waals surface area contributed by atoms with E-state index in [2.05, 4.69) is 9.97 Å². The Kier molecular flexibility index (Phi) is 4.82. The summed E-state index contributed by atoms with van der Waals surface area (Å²) in [4.78, 5) is 8.77. The fourth-order valence-corrected chi connectivity index (χ4v) is 1.46. The molecule has 0 saturated heterocycles. The van der Waals surface area contributed by atoms with E-state index in [1.54, 1.807) is 0 Å². The lowest BCUT2D eigenvalue weighted by Crippen LogP contribution is -2.38. The number of hydrogen-bond acceptors (Lipinski definition) is 4. The van der Waals surface area contributed by atoms with Crippen molar-refractivity contribution in [2.24, 2.45) is 0 Å². The number of rotatable bonds is 5. The van der Waals surface area contributed by atoms with Gasteiger partial charge in [-0.1, -0.05) is 0 Å². The number of aromatic nitrogens is 2. The van der Waals surface area contributed by atoms with E-state index in [1.165, 1.54) is 24.2 Å². The van der Waals surface area contributed by atoms with E-state index in [9.17, 15) is 8.78 Å². The van der Waals surface area contributed by atoms with Crippen molar-refractivity contribution in [1.29, 1.82) is 0 Å². The minimum absolute atomic E-state index is 0.00126. The summed E-state index contributed by atoms with van der Waals surface area (Å²) in [7, 11) is 1.48. The van der Waals surface area contributed by atoms with Crippen LogP contribution in [0.1, 0.15) is 6.42 Å². The predicted octanol–water partition coefficient (Wildman–Crippen LogP) is 1.58. The van der Waals surface area contributed by atoms with Crippen molar-refractivity contribution < 1.29 is 13.9 Å². The van der Waals surface area contributed by atoms with Crippen LogP contribution in [-0.2, 0) is 0 Å². The van der Waals surface area contributed by atoms with Gasteiger partial charge in [0.2, 0.25) is 5.28 Å². The van der Waals surface area contributed by atoms with Gasteiger partial charge in [0, 0.05) is 19.9 Å². The van der Waals surface area contributed by atoms with Crippen molar-refractivity contribution in [3.8, 4) is 0 Å². The first-order chi connectivity index (χ1) is 7.56. The monoisotopic (exact) mass is 251 g/mol. The van der Waals surface area contributed by atoms with Crippen LogP contribution in [0, 0.1) is 0 Å². The first-order valence-electron chi connectivity index (χ1n) is 4.66. The van der Waals surface area contributed by atoms with Crippen LogP contribution >= 0.6 is 11.6 Å². The third kappa shape index (κ3) is 3.24. The molecule has 0 amide bonds. The molecule has 7 heteroatoms. The Morgan fingerprint density at radius 1 is 1.56 bits per heavy atom. The molecular weight excluding hydrogens is 240 g/mol. The SMILES string of the molecule is CN(c1ccnc(Cl)n1)C(CCO)C(F)F. The van der Waals surface area contributed by atoms with Crippen LogP contribution in [0.3, 0.4) is 0 Å². The zero-order chi connectivity index (χ0) is 12.1. The lowest BCUT2D eigenvalue weighted by atomic mass is 10.2. The van der Waals surface area contributed by atoms with Gasteiger partial charge in [0.1, 0.15) is 5.82 Å². The van der Waals surface area contributed by atoms with Gasteiger partial charge in [0.25, 0.3) is 6.43 Å². The number of halogens is 3. The van der Waals surface area contributed by atoms with Gasteiger partial charge >= 0.3 is 0 Å².